The Kier molecular flexibility index (Phi) is 4.98. The zero-order chi connectivity index (χ0) is 22.9. The van der Waals surface area contributed by atoms with E-state index in [0.717, 1.165) is 27.2 Å². The number of aromatic nitrogens is 4. The minimum absolute atomic E-state index is 0.357. The van der Waals surface area contributed by atoms with Gasteiger partial charge in [0.1, 0.15) is 11.6 Å². The maximum Gasteiger partial charge on any atom is 0.221 e. The molecule has 0 amide bonds. The number of hydrogen-bond acceptors (Lipinski definition) is 9. The van der Waals surface area contributed by atoms with Crippen LogP contribution in [-0.4, -0.2) is 34.2 Å². The van der Waals surface area contributed by atoms with Crippen molar-refractivity contribution in [3.63, 3.8) is 0 Å². The van der Waals surface area contributed by atoms with Gasteiger partial charge in [-0.25, -0.2) is 9.97 Å². The quantitative estimate of drug-likeness (QED) is 0.386. The molecule has 4 heterocycles. The van der Waals surface area contributed by atoms with Crippen LogP contribution in [0.2, 0.25) is 0 Å². The minimum atomic E-state index is 0.357. The van der Waals surface area contributed by atoms with E-state index in [1.165, 1.54) is 0 Å². The number of pyridine rings is 4. The van der Waals surface area contributed by atoms with E-state index in [1.807, 2.05) is 24.3 Å². The Morgan fingerprint density at radius 1 is 0.788 bits per heavy atom. The fourth-order valence-electron chi connectivity index (χ4n) is 3.62. The lowest BCUT2D eigenvalue weighted by Crippen LogP contribution is -1.98. The van der Waals surface area contributed by atoms with Gasteiger partial charge in [-0.15, -0.1) is 0 Å². The van der Waals surface area contributed by atoms with Crippen LogP contribution in [0.15, 0.2) is 61.2 Å². The first-order valence-corrected chi connectivity index (χ1v) is 10.0. The second-order valence-corrected chi connectivity index (χ2v) is 7.28. The average Bonchev–Trinajstić information content (AvgIpc) is 2.83. The Morgan fingerprint density at radius 2 is 1.61 bits per heavy atom. The second-order valence-electron chi connectivity index (χ2n) is 7.28. The van der Waals surface area contributed by atoms with Crippen molar-refractivity contribution in [3.05, 3.63) is 61.2 Å². The highest BCUT2D eigenvalue weighted by Gasteiger charge is 2.14. The van der Waals surface area contributed by atoms with Crippen LogP contribution in [0.4, 0.5) is 11.5 Å². The van der Waals surface area contributed by atoms with Gasteiger partial charge in [0.15, 0.2) is 11.5 Å². The summed E-state index contributed by atoms with van der Waals surface area (Å²) < 4.78 is 16.7. The fraction of sp³-hybridized carbons (Fsp3) is 0.0833. The summed E-state index contributed by atoms with van der Waals surface area (Å²) in [5.41, 5.74) is 14.8. The molecule has 9 nitrogen and oxygen atoms in total. The molecule has 5 rings (SSSR count). The van der Waals surface area contributed by atoms with Crippen LogP contribution in [0.1, 0.15) is 0 Å². The maximum atomic E-state index is 6.31. The first-order valence-electron chi connectivity index (χ1n) is 10.0. The Bertz CT molecular complexity index is 1510. The van der Waals surface area contributed by atoms with Gasteiger partial charge in [0.2, 0.25) is 5.88 Å². The molecule has 0 saturated heterocycles. The fourth-order valence-corrected chi connectivity index (χ4v) is 3.62. The Balaban J connectivity index is 1.63. The number of anilines is 2. The topological polar surface area (TPSA) is 131 Å². The van der Waals surface area contributed by atoms with Gasteiger partial charge in [0.25, 0.3) is 0 Å². The summed E-state index contributed by atoms with van der Waals surface area (Å²) in [6.07, 6.45) is 6.57. The molecular weight excluding hydrogens is 420 g/mol. The normalized spacial score (nSPS) is 11.0. The van der Waals surface area contributed by atoms with Gasteiger partial charge in [-0.3, -0.25) is 9.97 Å². The van der Waals surface area contributed by atoms with Crippen molar-refractivity contribution >= 4 is 33.2 Å². The van der Waals surface area contributed by atoms with Gasteiger partial charge in [-0.1, -0.05) is 0 Å². The molecule has 0 fully saturated rings. The van der Waals surface area contributed by atoms with Gasteiger partial charge in [0, 0.05) is 52.7 Å². The molecule has 1 aromatic carbocycles. The highest BCUT2D eigenvalue weighted by molar-refractivity contribution is 6.10. The predicted octanol–water partition coefficient (Wildman–Crippen LogP) is 4.21. The third-order valence-electron chi connectivity index (χ3n) is 5.20. The van der Waals surface area contributed by atoms with Crippen LogP contribution in [0.25, 0.3) is 32.9 Å². The number of rotatable bonds is 5. The first kappa shape index (κ1) is 20.3. The highest BCUT2D eigenvalue weighted by atomic mass is 16.5. The van der Waals surface area contributed by atoms with Crippen LogP contribution in [0, 0.1) is 0 Å². The summed E-state index contributed by atoms with van der Waals surface area (Å²) in [6.45, 7) is 0. The van der Waals surface area contributed by atoms with Crippen molar-refractivity contribution < 1.29 is 14.2 Å². The smallest absolute Gasteiger partial charge is 0.221 e. The number of ether oxygens (including phenoxy) is 3. The van der Waals surface area contributed by atoms with E-state index in [0.29, 0.717) is 40.3 Å². The SMILES string of the molecule is COc1cc2ncc3c(N)nc(-c4cncc(Oc5cc(N)ccn5)c4)cc3c2cc1OC. The van der Waals surface area contributed by atoms with Crippen LogP contribution < -0.4 is 25.7 Å². The number of methoxy groups -OCH3 is 2. The molecule has 0 spiro atoms. The van der Waals surface area contributed by atoms with Crippen molar-refractivity contribution in [2.45, 2.75) is 0 Å². The zero-order valence-corrected chi connectivity index (χ0v) is 17.9. The van der Waals surface area contributed by atoms with Crippen molar-refractivity contribution in [2.24, 2.45) is 0 Å². The molecule has 0 aliphatic heterocycles. The second kappa shape index (κ2) is 8.12. The van der Waals surface area contributed by atoms with Gasteiger partial charge >= 0.3 is 0 Å². The first-order chi connectivity index (χ1) is 16.1. The molecule has 0 bridgehead atoms. The maximum absolute atomic E-state index is 6.31. The molecule has 0 radical (unpaired) electrons. The Hall–Kier alpha value is -4.66. The van der Waals surface area contributed by atoms with Gasteiger partial charge in [-0.05, 0) is 29.7 Å². The molecule has 0 saturated carbocycles. The van der Waals surface area contributed by atoms with Crippen LogP contribution in [0.3, 0.4) is 0 Å². The molecule has 0 atom stereocenters. The number of hydrogen-bond donors (Lipinski definition) is 2. The molecule has 0 unspecified atom stereocenters. The summed E-state index contributed by atoms with van der Waals surface area (Å²) >= 11 is 0. The van der Waals surface area contributed by atoms with E-state index in [4.69, 9.17) is 25.7 Å². The van der Waals surface area contributed by atoms with E-state index >= 15 is 0 Å². The third-order valence-corrected chi connectivity index (χ3v) is 5.20. The summed E-state index contributed by atoms with van der Waals surface area (Å²) in [5.74, 6) is 2.43. The molecule has 9 heteroatoms. The molecular formula is C24H20N6O3. The molecule has 33 heavy (non-hydrogen) atoms. The lowest BCUT2D eigenvalue weighted by atomic mass is 10.0. The average molecular weight is 440 g/mol. The summed E-state index contributed by atoms with van der Waals surface area (Å²) in [4.78, 5) is 17.5. The monoisotopic (exact) mass is 440 g/mol. The number of nitrogens with two attached hydrogens (primary N) is 2. The summed E-state index contributed by atoms with van der Waals surface area (Å²) in [7, 11) is 3.18. The van der Waals surface area contributed by atoms with E-state index < -0.39 is 0 Å². The predicted molar refractivity (Wildman–Crippen MR) is 127 cm³/mol. The molecule has 0 aliphatic rings. The van der Waals surface area contributed by atoms with E-state index in [9.17, 15) is 0 Å². The molecule has 0 aliphatic carbocycles. The summed E-state index contributed by atoms with van der Waals surface area (Å²) in [6, 6.07) is 10.8. The van der Waals surface area contributed by atoms with Crippen molar-refractivity contribution in [3.8, 4) is 34.4 Å². The van der Waals surface area contributed by atoms with Crippen molar-refractivity contribution in [1.29, 1.82) is 0 Å². The van der Waals surface area contributed by atoms with Crippen LogP contribution in [0.5, 0.6) is 23.1 Å². The van der Waals surface area contributed by atoms with Crippen molar-refractivity contribution in [1.82, 2.24) is 19.9 Å². The van der Waals surface area contributed by atoms with Gasteiger partial charge < -0.3 is 25.7 Å². The van der Waals surface area contributed by atoms with Crippen molar-refractivity contribution in [2.75, 3.05) is 25.7 Å². The number of benzene rings is 1. The minimum Gasteiger partial charge on any atom is -0.493 e. The van der Waals surface area contributed by atoms with Crippen LogP contribution in [-0.2, 0) is 0 Å². The molecule has 4 aromatic heterocycles. The largest absolute Gasteiger partial charge is 0.493 e. The Labute approximate surface area is 189 Å². The van der Waals surface area contributed by atoms with E-state index in [1.54, 1.807) is 51.1 Å². The molecule has 5 aromatic rings. The molecule has 4 N–H and O–H groups in total. The zero-order valence-electron chi connectivity index (χ0n) is 17.9. The van der Waals surface area contributed by atoms with Gasteiger partial charge in [-0.2, -0.15) is 0 Å². The third kappa shape index (κ3) is 3.76. The summed E-state index contributed by atoms with van der Waals surface area (Å²) in [5, 5.41) is 2.49. The number of fused-ring (bicyclic) bond motifs is 3. The lowest BCUT2D eigenvalue weighted by molar-refractivity contribution is 0.356. The molecule has 164 valence electrons. The standard InChI is InChI=1S/C24H20N6O3/c1-31-21-8-17-16-7-19(30-24(26)18(16)12-29-20(17)9-22(21)32-2)13-5-15(11-27-10-13)33-23-6-14(25)3-4-28-23/h3-12H,1-2H3,(H2,25,28)(H2,26,30). The number of nitrogens with zero attached hydrogens (tertiary/aromatic N) is 4. The lowest BCUT2D eigenvalue weighted by Gasteiger charge is -2.12. The van der Waals surface area contributed by atoms with Crippen LogP contribution >= 0.6 is 0 Å². The van der Waals surface area contributed by atoms with E-state index in [-0.39, 0.29) is 0 Å². The van der Waals surface area contributed by atoms with E-state index in [2.05, 4.69) is 19.9 Å². The number of nitrogen functional groups attached to an aromatic ring is 2. The van der Waals surface area contributed by atoms with Gasteiger partial charge in [0.05, 0.1) is 31.6 Å². The highest BCUT2D eigenvalue weighted by Crippen LogP contribution is 2.37. The Morgan fingerprint density at radius 3 is 2.39 bits per heavy atom.